The second-order valence-electron chi connectivity index (χ2n) is 6.33. The smallest absolute Gasteiger partial charge is 0.264 e. The van der Waals surface area contributed by atoms with Crippen molar-refractivity contribution < 1.29 is 9.59 Å². The van der Waals surface area contributed by atoms with Crippen LogP contribution in [0.4, 0.5) is 11.4 Å². The summed E-state index contributed by atoms with van der Waals surface area (Å²) in [6.45, 7) is 4.07. The van der Waals surface area contributed by atoms with E-state index >= 15 is 0 Å². The number of nitrogens with zero attached hydrogens (tertiary/aromatic N) is 2. The number of carbonyl (C=O) groups is 2. The summed E-state index contributed by atoms with van der Waals surface area (Å²) >= 11 is 1.21. The van der Waals surface area contributed by atoms with E-state index in [4.69, 9.17) is 0 Å². The van der Waals surface area contributed by atoms with Gasteiger partial charge in [0.2, 0.25) is 0 Å². The number of anilines is 1. The van der Waals surface area contributed by atoms with Crippen molar-refractivity contribution in [2.45, 2.75) is 13.8 Å². The van der Waals surface area contributed by atoms with Crippen molar-refractivity contribution in [3.63, 3.8) is 0 Å². The van der Waals surface area contributed by atoms with Crippen molar-refractivity contribution >= 4 is 45.7 Å². The molecule has 4 rings (SSSR count). The van der Waals surface area contributed by atoms with Gasteiger partial charge in [-0.2, -0.15) is 0 Å². The molecule has 6 heteroatoms. The summed E-state index contributed by atoms with van der Waals surface area (Å²) in [5.74, 6) is -0.456. The number of rotatable bonds is 1. The van der Waals surface area contributed by atoms with Crippen LogP contribution in [0.2, 0.25) is 0 Å². The summed E-state index contributed by atoms with van der Waals surface area (Å²) in [6, 6.07) is 13.4. The number of aliphatic imine (C=N–C) groups is 1. The zero-order valence-corrected chi connectivity index (χ0v) is 15.5. The Kier molecular flexibility index (Phi) is 3.92. The third kappa shape index (κ3) is 2.63. The second-order valence-corrected chi connectivity index (χ2v) is 7.33. The molecule has 2 aromatic carbocycles. The molecule has 26 heavy (non-hydrogen) atoms. The van der Waals surface area contributed by atoms with E-state index in [1.165, 1.54) is 17.3 Å². The van der Waals surface area contributed by atoms with E-state index < -0.39 is 0 Å². The number of para-hydroxylation sites is 1. The molecule has 0 aromatic heterocycles. The molecule has 0 aliphatic carbocycles. The highest BCUT2D eigenvalue weighted by molar-refractivity contribution is 8.18. The number of likely N-dealkylation sites (N-methyl/N-ethyl adjacent to an activating group) is 1. The first-order valence-corrected chi connectivity index (χ1v) is 9.04. The molecule has 2 heterocycles. The molecule has 2 aliphatic heterocycles. The average Bonchev–Trinajstić information content (AvgIpc) is 3.09. The number of benzene rings is 2. The Balaban J connectivity index is 1.75. The topological polar surface area (TPSA) is 61.8 Å². The molecule has 0 saturated carbocycles. The van der Waals surface area contributed by atoms with Crippen molar-refractivity contribution in [1.29, 1.82) is 0 Å². The molecule has 0 radical (unpaired) electrons. The largest absolute Gasteiger partial charge is 0.311 e. The summed E-state index contributed by atoms with van der Waals surface area (Å²) in [5.41, 5.74) is 5.14. The minimum Gasteiger partial charge on any atom is -0.311 e. The SMILES string of the molecule is Cc1ccc(N=C2NC(=O)C(=C3C(=O)N(C)c4ccccc43)S2)cc1C. The summed E-state index contributed by atoms with van der Waals surface area (Å²) < 4.78 is 0. The zero-order chi connectivity index (χ0) is 18.4. The van der Waals surface area contributed by atoms with Gasteiger partial charge in [0, 0.05) is 12.6 Å². The molecule has 0 bridgehead atoms. The van der Waals surface area contributed by atoms with Gasteiger partial charge in [-0.25, -0.2) is 4.99 Å². The molecule has 0 atom stereocenters. The highest BCUT2D eigenvalue weighted by Gasteiger charge is 2.37. The van der Waals surface area contributed by atoms with Crippen LogP contribution in [-0.2, 0) is 9.59 Å². The predicted molar refractivity (Wildman–Crippen MR) is 106 cm³/mol. The molecule has 2 amide bonds. The van der Waals surface area contributed by atoms with Crippen LogP contribution in [0.25, 0.3) is 5.57 Å². The van der Waals surface area contributed by atoms with Crippen molar-refractivity contribution in [1.82, 2.24) is 5.32 Å². The van der Waals surface area contributed by atoms with Gasteiger partial charge in [0.1, 0.15) is 0 Å². The summed E-state index contributed by atoms with van der Waals surface area (Å²) in [7, 11) is 1.72. The highest BCUT2D eigenvalue weighted by Crippen LogP contribution is 2.42. The average molecular weight is 363 g/mol. The lowest BCUT2D eigenvalue weighted by Gasteiger charge is -2.08. The molecule has 1 N–H and O–H groups in total. The maximum absolute atomic E-state index is 12.7. The minimum atomic E-state index is -0.286. The molecular formula is C20H17N3O2S. The van der Waals surface area contributed by atoms with Crippen LogP contribution in [0.15, 0.2) is 52.4 Å². The number of amidine groups is 1. The van der Waals surface area contributed by atoms with Gasteiger partial charge in [0.15, 0.2) is 5.17 Å². The van der Waals surface area contributed by atoms with E-state index in [1.807, 2.05) is 56.3 Å². The molecule has 0 unspecified atom stereocenters. The van der Waals surface area contributed by atoms with E-state index in [2.05, 4.69) is 10.3 Å². The zero-order valence-electron chi connectivity index (χ0n) is 14.7. The minimum absolute atomic E-state index is 0.170. The number of thioether (sulfide) groups is 1. The third-order valence-electron chi connectivity index (χ3n) is 4.63. The molecule has 2 aromatic rings. The van der Waals surface area contributed by atoms with Crippen LogP contribution in [0, 0.1) is 13.8 Å². The van der Waals surface area contributed by atoms with Crippen molar-refractivity contribution in [3.8, 4) is 0 Å². The van der Waals surface area contributed by atoms with Gasteiger partial charge in [-0.05, 0) is 54.9 Å². The molecule has 5 nitrogen and oxygen atoms in total. The Labute approximate surface area is 155 Å². The number of aryl methyl sites for hydroxylation is 2. The van der Waals surface area contributed by atoms with E-state index in [9.17, 15) is 9.59 Å². The third-order valence-corrected chi connectivity index (χ3v) is 5.61. The predicted octanol–water partition coefficient (Wildman–Crippen LogP) is 3.54. The van der Waals surface area contributed by atoms with Crippen molar-refractivity contribution in [2.24, 2.45) is 4.99 Å². The Hall–Kier alpha value is -2.86. The molecular weight excluding hydrogens is 346 g/mol. The lowest BCUT2D eigenvalue weighted by atomic mass is 10.1. The number of hydrogen-bond acceptors (Lipinski definition) is 4. The van der Waals surface area contributed by atoms with Crippen molar-refractivity contribution in [3.05, 3.63) is 64.1 Å². The molecule has 130 valence electrons. The Morgan fingerprint density at radius 3 is 2.58 bits per heavy atom. The van der Waals surface area contributed by atoms with Gasteiger partial charge in [0.05, 0.1) is 21.9 Å². The van der Waals surface area contributed by atoms with Crippen LogP contribution < -0.4 is 10.2 Å². The van der Waals surface area contributed by atoms with Gasteiger partial charge < -0.3 is 10.2 Å². The van der Waals surface area contributed by atoms with Crippen molar-refractivity contribution in [2.75, 3.05) is 11.9 Å². The first-order valence-electron chi connectivity index (χ1n) is 8.22. The molecule has 2 aliphatic rings. The quantitative estimate of drug-likeness (QED) is 0.789. The first kappa shape index (κ1) is 16.6. The van der Waals surface area contributed by atoms with E-state index in [1.54, 1.807) is 11.9 Å². The van der Waals surface area contributed by atoms with E-state index in [-0.39, 0.29) is 11.8 Å². The summed E-state index contributed by atoms with van der Waals surface area (Å²) in [5, 5.41) is 3.26. The number of fused-ring (bicyclic) bond motifs is 1. The van der Waals surface area contributed by atoms with Crippen LogP contribution in [0.3, 0.4) is 0 Å². The number of nitrogens with one attached hydrogen (secondary N) is 1. The number of carbonyl (C=O) groups excluding carboxylic acids is 2. The number of hydrogen-bond donors (Lipinski definition) is 1. The fourth-order valence-corrected chi connectivity index (χ4v) is 3.97. The molecule has 1 saturated heterocycles. The standard InChI is InChI=1S/C20H17N3O2S/c1-11-8-9-13(10-12(11)2)21-20-22-18(24)17(26-20)16-14-6-4-5-7-15(14)23(3)19(16)25/h4-10H,1-3H3,(H,21,22,24). The Bertz CT molecular complexity index is 1020. The van der Waals surface area contributed by atoms with Crippen LogP contribution >= 0.6 is 11.8 Å². The van der Waals surface area contributed by atoms with Gasteiger partial charge in [-0.1, -0.05) is 24.3 Å². The molecule has 0 spiro atoms. The van der Waals surface area contributed by atoms with E-state index in [0.717, 1.165) is 22.5 Å². The van der Waals surface area contributed by atoms with Gasteiger partial charge in [-0.3, -0.25) is 9.59 Å². The molecule has 1 fully saturated rings. The van der Waals surface area contributed by atoms with Gasteiger partial charge in [-0.15, -0.1) is 0 Å². The Morgan fingerprint density at radius 1 is 1.04 bits per heavy atom. The lowest BCUT2D eigenvalue weighted by Crippen LogP contribution is -2.23. The maximum Gasteiger partial charge on any atom is 0.264 e. The lowest BCUT2D eigenvalue weighted by molar-refractivity contribution is -0.116. The summed E-state index contributed by atoms with van der Waals surface area (Å²) in [4.78, 5) is 31.7. The normalized spacial score (nSPS) is 20.7. The van der Waals surface area contributed by atoms with Crippen LogP contribution in [0.1, 0.15) is 16.7 Å². The maximum atomic E-state index is 12.7. The number of amides is 2. The van der Waals surface area contributed by atoms with Crippen LogP contribution in [0.5, 0.6) is 0 Å². The monoisotopic (exact) mass is 363 g/mol. The second kappa shape index (κ2) is 6.14. The summed E-state index contributed by atoms with van der Waals surface area (Å²) in [6.07, 6.45) is 0. The fourth-order valence-electron chi connectivity index (χ4n) is 3.04. The van der Waals surface area contributed by atoms with Crippen LogP contribution in [-0.4, -0.2) is 24.0 Å². The fraction of sp³-hybridized carbons (Fsp3) is 0.150. The Morgan fingerprint density at radius 2 is 1.81 bits per heavy atom. The highest BCUT2D eigenvalue weighted by atomic mass is 32.2. The van der Waals surface area contributed by atoms with Gasteiger partial charge >= 0.3 is 0 Å². The van der Waals surface area contributed by atoms with Gasteiger partial charge in [0.25, 0.3) is 11.8 Å². The van der Waals surface area contributed by atoms with E-state index in [0.29, 0.717) is 15.6 Å². The first-order chi connectivity index (χ1) is 12.5.